The Labute approximate surface area is 512 Å². The predicted molar refractivity (Wildman–Crippen MR) is 355 cm³/mol. The molecule has 4 heterocycles. The number of carbonyl (C=O) groups is 2. The Bertz CT molecular complexity index is 4770. The standard InChI is InChI=1S/C80H58N4O4/c1-79(2)61-29-5-8-32-65(61)81(66-33-9-6-30-62(66)79)57-25-17-21-53(45-57)77(85)54-22-18-26-58(46-54)82-67-34-10-7-31-63(67)80(3,4)64-49-51(41-43-68(64)82)52-42-44-72-76(50-52)88-75-40-16-13-37-71(75)84(72)60-28-20-24-56(48-60)78(86)55-23-19-27-59(47-55)83-69-35-11-14-38-73(69)87-74-39-15-12-36-70(74)83/h5-50H,1-4H3. The summed E-state index contributed by atoms with van der Waals surface area (Å²) in [5.41, 5.74) is 19.9. The van der Waals surface area contributed by atoms with Crippen LogP contribution in [0, 0.1) is 0 Å². The first kappa shape index (κ1) is 52.3. The van der Waals surface area contributed by atoms with E-state index >= 15 is 0 Å². The largest absolute Gasteiger partial charge is 0.453 e. The molecule has 8 nitrogen and oxygen atoms in total. The Morgan fingerprint density at radius 1 is 0.261 bits per heavy atom. The maximum atomic E-state index is 14.9. The molecule has 0 radical (unpaired) electrons. The molecule has 4 aliphatic rings. The van der Waals surface area contributed by atoms with E-state index in [0.717, 1.165) is 96.4 Å². The third kappa shape index (κ3) is 8.35. The van der Waals surface area contributed by atoms with Crippen molar-refractivity contribution >= 4 is 79.8 Å². The van der Waals surface area contributed by atoms with Gasteiger partial charge in [0.1, 0.15) is 0 Å². The molecule has 0 aromatic heterocycles. The van der Waals surface area contributed by atoms with Crippen LogP contribution in [0.25, 0.3) is 11.1 Å². The van der Waals surface area contributed by atoms with Crippen molar-refractivity contribution in [1.29, 1.82) is 0 Å². The highest BCUT2D eigenvalue weighted by Gasteiger charge is 2.39. The fourth-order valence-electron chi connectivity index (χ4n) is 13.8. The van der Waals surface area contributed by atoms with Gasteiger partial charge in [0.05, 0.1) is 45.5 Å². The van der Waals surface area contributed by atoms with Crippen molar-refractivity contribution in [2.75, 3.05) is 19.6 Å². The number of hydrogen-bond donors (Lipinski definition) is 0. The second-order valence-corrected chi connectivity index (χ2v) is 24.0. The van der Waals surface area contributed by atoms with E-state index in [1.54, 1.807) is 0 Å². The minimum atomic E-state index is -0.392. The Morgan fingerprint density at radius 3 is 0.943 bits per heavy atom. The third-order valence-electron chi connectivity index (χ3n) is 18.1. The van der Waals surface area contributed by atoms with E-state index in [9.17, 15) is 9.59 Å². The first-order chi connectivity index (χ1) is 43.0. The van der Waals surface area contributed by atoms with Gasteiger partial charge in [0, 0.05) is 55.8 Å². The van der Waals surface area contributed by atoms with E-state index in [-0.39, 0.29) is 17.0 Å². The maximum absolute atomic E-state index is 14.9. The van der Waals surface area contributed by atoms with Gasteiger partial charge in [-0.15, -0.1) is 0 Å². The molecule has 0 saturated carbocycles. The van der Waals surface area contributed by atoms with Crippen molar-refractivity contribution in [2.24, 2.45) is 0 Å². The van der Waals surface area contributed by atoms with Crippen LogP contribution in [0.15, 0.2) is 279 Å². The topological polar surface area (TPSA) is 65.6 Å². The monoisotopic (exact) mass is 1140 g/mol. The smallest absolute Gasteiger partial charge is 0.193 e. The Hall–Kier alpha value is -11.2. The van der Waals surface area contributed by atoms with Crippen molar-refractivity contribution in [1.82, 2.24) is 0 Å². The number of hydrogen-bond acceptors (Lipinski definition) is 8. The zero-order valence-electron chi connectivity index (χ0n) is 49.0. The molecule has 0 saturated heterocycles. The van der Waals surface area contributed by atoms with Gasteiger partial charge in [0.25, 0.3) is 0 Å². The number of nitrogens with zero attached hydrogens (tertiary/aromatic N) is 4. The second kappa shape index (κ2) is 20.2. The van der Waals surface area contributed by atoms with Crippen LogP contribution in [-0.2, 0) is 10.8 Å². The summed E-state index contributed by atoms with van der Waals surface area (Å²) in [5.74, 6) is 2.75. The Kier molecular flexibility index (Phi) is 12.0. The normalized spacial score (nSPS) is 14.3. The quantitative estimate of drug-likeness (QED) is 0.133. The summed E-state index contributed by atoms with van der Waals surface area (Å²) in [5, 5.41) is 0. The van der Waals surface area contributed by atoms with Gasteiger partial charge in [-0.3, -0.25) is 9.59 Å². The van der Waals surface area contributed by atoms with Crippen LogP contribution < -0.4 is 29.1 Å². The number of rotatable bonds is 9. The molecule has 12 aromatic rings. The molecule has 88 heavy (non-hydrogen) atoms. The molecular formula is C80H58N4O4. The third-order valence-corrected chi connectivity index (χ3v) is 18.1. The Balaban J connectivity index is 0.718. The summed E-state index contributed by atoms with van der Waals surface area (Å²) >= 11 is 0. The highest BCUT2D eigenvalue weighted by Crippen LogP contribution is 2.57. The van der Waals surface area contributed by atoms with E-state index in [1.165, 1.54) is 16.7 Å². The molecule has 0 aliphatic carbocycles. The number of anilines is 12. The molecule has 4 aliphatic heterocycles. The van der Waals surface area contributed by atoms with Gasteiger partial charge in [-0.05, 0) is 161 Å². The van der Waals surface area contributed by atoms with E-state index in [1.807, 2.05) is 152 Å². The second-order valence-electron chi connectivity index (χ2n) is 24.0. The highest BCUT2D eigenvalue weighted by molar-refractivity contribution is 6.12. The molecule has 12 aromatic carbocycles. The van der Waals surface area contributed by atoms with Gasteiger partial charge in [-0.1, -0.05) is 179 Å². The lowest BCUT2D eigenvalue weighted by molar-refractivity contribution is 0.103. The molecule has 0 fully saturated rings. The molecule has 0 spiro atoms. The van der Waals surface area contributed by atoms with Crippen molar-refractivity contribution in [3.8, 4) is 34.1 Å². The van der Waals surface area contributed by atoms with Crippen LogP contribution in [0.2, 0.25) is 0 Å². The molecule has 0 atom stereocenters. The summed E-state index contributed by atoms with van der Waals surface area (Å²) in [6, 6.07) is 94.6. The summed E-state index contributed by atoms with van der Waals surface area (Å²) < 4.78 is 13.1. The minimum absolute atomic E-state index is 0.0507. The zero-order chi connectivity index (χ0) is 59.4. The number of ketones is 2. The van der Waals surface area contributed by atoms with E-state index < -0.39 is 5.41 Å². The first-order valence-corrected chi connectivity index (χ1v) is 29.9. The molecule has 0 unspecified atom stereocenters. The molecule has 16 rings (SSSR count). The lowest BCUT2D eigenvalue weighted by Gasteiger charge is -2.42. The maximum Gasteiger partial charge on any atom is 0.193 e. The summed E-state index contributed by atoms with van der Waals surface area (Å²) in [6.07, 6.45) is 0. The highest BCUT2D eigenvalue weighted by atomic mass is 16.5. The number of carbonyl (C=O) groups excluding carboxylic acids is 2. The minimum Gasteiger partial charge on any atom is -0.453 e. The van der Waals surface area contributed by atoms with Gasteiger partial charge < -0.3 is 29.1 Å². The van der Waals surface area contributed by atoms with Gasteiger partial charge in [-0.25, -0.2) is 0 Å². The van der Waals surface area contributed by atoms with Crippen LogP contribution in [0.4, 0.5) is 68.2 Å². The van der Waals surface area contributed by atoms with E-state index in [2.05, 4.69) is 175 Å². The van der Waals surface area contributed by atoms with E-state index in [4.69, 9.17) is 9.47 Å². The van der Waals surface area contributed by atoms with Crippen LogP contribution in [0.5, 0.6) is 23.0 Å². The average molecular weight is 1140 g/mol. The van der Waals surface area contributed by atoms with Crippen molar-refractivity contribution < 1.29 is 19.1 Å². The van der Waals surface area contributed by atoms with Gasteiger partial charge in [-0.2, -0.15) is 0 Å². The molecule has 8 heteroatoms. The van der Waals surface area contributed by atoms with Crippen LogP contribution in [0.1, 0.15) is 81.8 Å². The fourth-order valence-corrected chi connectivity index (χ4v) is 13.8. The summed E-state index contributed by atoms with van der Waals surface area (Å²) in [4.78, 5) is 38.6. The van der Waals surface area contributed by atoms with Gasteiger partial charge in [0.2, 0.25) is 0 Å². The molecule has 0 bridgehead atoms. The van der Waals surface area contributed by atoms with Crippen molar-refractivity contribution in [3.63, 3.8) is 0 Å². The molecule has 0 N–H and O–H groups in total. The average Bonchev–Trinajstić information content (AvgIpc) is 0.777. The number of fused-ring (bicyclic) bond motifs is 8. The van der Waals surface area contributed by atoms with Crippen LogP contribution >= 0.6 is 0 Å². The summed E-state index contributed by atoms with van der Waals surface area (Å²) in [7, 11) is 0. The molecular weight excluding hydrogens is 1080 g/mol. The van der Waals surface area contributed by atoms with Gasteiger partial charge in [0.15, 0.2) is 34.6 Å². The van der Waals surface area contributed by atoms with Crippen molar-refractivity contribution in [2.45, 2.75) is 38.5 Å². The lowest BCUT2D eigenvalue weighted by Crippen LogP contribution is -2.30. The number of benzene rings is 12. The fraction of sp³-hybridized carbons (Fsp3) is 0.0750. The SMILES string of the molecule is CC1(C)c2ccccc2N(c2cccc(C(=O)c3cccc(N4c5ccccc5C(C)(C)c5cc(-c6ccc7c(c6)Oc6ccccc6N7c6cccc(C(=O)c7cccc(N8c9ccccc9Oc9ccccc98)c7)c6)ccc54)c3)c2)c2ccccc21. The summed E-state index contributed by atoms with van der Waals surface area (Å²) in [6.45, 7) is 9.15. The first-order valence-electron chi connectivity index (χ1n) is 29.9. The lowest BCUT2D eigenvalue weighted by atomic mass is 9.73. The van der Waals surface area contributed by atoms with Crippen LogP contribution in [-0.4, -0.2) is 11.6 Å². The van der Waals surface area contributed by atoms with Crippen LogP contribution in [0.3, 0.4) is 0 Å². The number of ether oxygens (including phenoxy) is 2. The Morgan fingerprint density at radius 2 is 0.545 bits per heavy atom. The van der Waals surface area contributed by atoms with E-state index in [0.29, 0.717) is 33.8 Å². The molecule has 0 amide bonds. The predicted octanol–water partition coefficient (Wildman–Crippen LogP) is 21.2. The molecule has 422 valence electrons. The number of para-hydroxylation sites is 9. The van der Waals surface area contributed by atoms with Gasteiger partial charge >= 0.3 is 0 Å². The zero-order valence-corrected chi connectivity index (χ0v) is 49.0. The van der Waals surface area contributed by atoms with Crippen molar-refractivity contribution in [3.05, 3.63) is 324 Å².